The molecule has 0 unspecified atom stereocenters. The molecule has 6 nitrogen and oxygen atoms in total. The zero-order chi connectivity index (χ0) is 17.8. The van der Waals surface area contributed by atoms with Crippen LogP contribution in [0.15, 0.2) is 24.3 Å². The van der Waals surface area contributed by atoms with E-state index in [1.807, 2.05) is 32.0 Å². The van der Waals surface area contributed by atoms with Gasteiger partial charge in [0, 0.05) is 25.2 Å². The predicted molar refractivity (Wildman–Crippen MR) is 94.2 cm³/mol. The summed E-state index contributed by atoms with van der Waals surface area (Å²) in [7, 11) is 0. The molecule has 25 heavy (non-hydrogen) atoms. The Labute approximate surface area is 147 Å². The summed E-state index contributed by atoms with van der Waals surface area (Å²) < 4.78 is 10.6. The molecule has 1 aromatic rings. The van der Waals surface area contributed by atoms with Crippen molar-refractivity contribution < 1.29 is 19.1 Å². The van der Waals surface area contributed by atoms with Gasteiger partial charge in [0.05, 0.1) is 5.92 Å². The largest absolute Gasteiger partial charge is 0.454 e. The number of benzene rings is 1. The maximum atomic E-state index is 12.4. The molecule has 3 rings (SSSR count). The van der Waals surface area contributed by atoms with E-state index in [1.54, 1.807) is 17.1 Å². The summed E-state index contributed by atoms with van der Waals surface area (Å²) >= 11 is 0. The topological polar surface area (TPSA) is 67.9 Å². The van der Waals surface area contributed by atoms with Crippen molar-refractivity contribution in [2.75, 3.05) is 19.9 Å². The van der Waals surface area contributed by atoms with Crippen LogP contribution in [0.2, 0.25) is 0 Å². The van der Waals surface area contributed by atoms with Gasteiger partial charge >= 0.3 is 0 Å². The van der Waals surface area contributed by atoms with Crippen molar-refractivity contribution >= 4 is 17.9 Å². The number of piperidine rings is 1. The standard InChI is InChI=1S/C19H24N2O4/c1-13(2)20-19(23)15-4-3-9-21(11-15)18(22)8-6-14-5-7-16-17(10-14)25-12-24-16/h5-8,10,13,15H,3-4,9,11-12H2,1-2H3,(H,20,23)/b8-6+/t15-/m0/s1. The van der Waals surface area contributed by atoms with E-state index in [4.69, 9.17) is 9.47 Å². The first-order chi connectivity index (χ1) is 12.0. The minimum atomic E-state index is -0.126. The van der Waals surface area contributed by atoms with Crippen LogP contribution in [0.25, 0.3) is 6.08 Å². The summed E-state index contributed by atoms with van der Waals surface area (Å²) in [6.07, 6.45) is 5.00. The molecular weight excluding hydrogens is 320 g/mol. The van der Waals surface area contributed by atoms with Crippen LogP contribution < -0.4 is 14.8 Å². The number of carbonyl (C=O) groups is 2. The Morgan fingerprint density at radius 2 is 2.08 bits per heavy atom. The number of fused-ring (bicyclic) bond motifs is 1. The Bertz CT molecular complexity index is 684. The highest BCUT2D eigenvalue weighted by Gasteiger charge is 2.27. The van der Waals surface area contributed by atoms with Crippen molar-refractivity contribution in [3.63, 3.8) is 0 Å². The quantitative estimate of drug-likeness (QED) is 0.850. The molecule has 2 aliphatic rings. The maximum absolute atomic E-state index is 12.4. The molecular formula is C19H24N2O4. The fraction of sp³-hybridized carbons (Fsp3) is 0.474. The zero-order valence-corrected chi connectivity index (χ0v) is 14.7. The van der Waals surface area contributed by atoms with Gasteiger partial charge in [0.15, 0.2) is 11.5 Å². The van der Waals surface area contributed by atoms with Crippen LogP contribution in [-0.2, 0) is 9.59 Å². The number of rotatable bonds is 4. The summed E-state index contributed by atoms with van der Waals surface area (Å²) in [5.41, 5.74) is 0.878. The molecule has 0 aromatic heterocycles. The monoisotopic (exact) mass is 344 g/mol. The number of carbonyl (C=O) groups excluding carboxylic acids is 2. The third kappa shape index (κ3) is 4.32. The summed E-state index contributed by atoms with van der Waals surface area (Å²) in [4.78, 5) is 26.4. The van der Waals surface area contributed by atoms with E-state index in [-0.39, 0.29) is 30.6 Å². The molecule has 1 saturated heterocycles. The highest BCUT2D eigenvalue weighted by molar-refractivity contribution is 5.92. The average Bonchev–Trinajstić information content (AvgIpc) is 3.07. The lowest BCUT2D eigenvalue weighted by Crippen LogP contribution is -2.46. The van der Waals surface area contributed by atoms with Crippen LogP contribution in [-0.4, -0.2) is 42.6 Å². The van der Waals surface area contributed by atoms with Crippen molar-refractivity contribution in [2.24, 2.45) is 5.92 Å². The highest BCUT2D eigenvalue weighted by atomic mass is 16.7. The summed E-state index contributed by atoms with van der Waals surface area (Å²) in [5, 5.41) is 2.93. The van der Waals surface area contributed by atoms with Crippen molar-refractivity contribution in [3.05, 3.63) is 29.8 Å². The molecule has 1 atom stereocenters. The SMILES string of the molecule is CC(C)NC(=O)[C@H]1CCCN(C(=O)/C=C/c2ccc3c(c2)OCO3)C1. The third-order valence-corrected chi connectivity index (χ3v) is 4.35. The molecule has 1 aromatic carbocycles. The van der Waals surface area contributed by atoms with E-state index >= 15 is 0 Å². The van der Waals surface area contributed by atoms with Crippen LogP contribution in [0.5, 0.6) is 11.5 Å². The molecule has 6 heteroatoms. The van der Waals surface area contributed by atoms with Crippen molar-refractivity contribution in [1.82, 2.24) is 10.2 Å². The molecule has 0 radical (unpaired) electrons. The maximum Gasteiger partial charge on any atom is 0.246 e. The normalized spacial score (nSPS) is 19.5. The zero-order valence-electron chi connectivity index (χ0n) is 14.7. The van der Waals surface area contributed by atoms with Crippen molar-refractivity contribution in [3.8, 4) is 11.5 Å². The van der Waals surface area contributed by atoms with Gasteiger partial charge in [-0.3, -0.25) is 9.59 Å². The second-order valence-electron chi connectivity index (χ2n) is 6.73. The highest BCUT2D eigenvalue weighted by Crippen LogP contribution is 2.32. The van der Waals surface area contributed by atoms with Crippen LogP contribution >= 0.6 is 0 Å². The van der Waals surface area contributed by atoms with Gasteiger partial charge in [0.1, 0.15) is 0 Å². The average molecular weight is 344 g/mol. The van der Waals surface area contributed by atoms with Gasteiger partial charge in [-0.15, -0.1) is 0 Å². The first kappa shape index (κ1) is 17.3. The second-order valence-corrected chi connectivity index (χ2v) is 6.73. The molecule has 1 N–H and O–H groups in total. The lowest BCUT2D eigenvalue weighted by Gasteiger charge is -2.31. The molecule has 2 aliphatic heterocycles. The van der Waals surface area contributed by atoms with Gasteiger partial charge in [-0.25, -0.2) is 0 Å². The Balaban J connectivity index is 1.59. The number of hydrogen-bond acceptors (Lipinski definition) is 4. The summed E-state index contributed by atoms with van der Waals surface area (Å²) in [6.45, 7) is 5.28. The summed E-state index contributed by atoms with van der Waals surface area (Å²) in [5.74, 6) is 1.25. The van der Waals surface area contributed by atoms with Gasteiger partial charge in [0.2, 0.25) is 18.6 Å². The van der Waals surface area contributed by atoms with Gasteiger partial charge < -0.3 is 19.7 Å². The fourth-order valence-electron chi connectivity index (χ4n) is 3.08. The first-order valence-corrected chi connectivity index (χ1v) is 8.70. The number of amides is 2. The predicted octanol–water partition coefficient (Wildman–Crippen LogP) is 2.19. The molecule has 0 spiro atoms. The van der Waals surface area contributed by atoms with E-state index in [0.717, 1.165) is 24.2 Å². The van der Waals surface area contributed by atoms with Gasteiger partial charge in [-0.2, -0.15) is 0 Å². The van der Waals surface area contributed by atoms with Gasteiger partial charge in [0.25, 0.3) is 0 Å². The lowest BCUT2D eigenvalue weighted by molar-refractivity contribution is -0.132. The van der Waals surface area contributed by atoms with Crippen LogP contribution in [0.4, 0.5) is 0 Å². The van der Waals surface area contributed by atoms with E-state index in [9.17, 15) is 9.59 Å². The molecule has 0 aliphatic carbocycles. The van der Waals surface area contributed by atoms with E-state index in [0.29, 0.717) is 18.8 Å². The third-order valence-electron chi connectivity index (χ3n) is 4.35. The Morgan fingerprint density at radius 1 is 1.28 bits per heavy atom. The molecule has 0 bridgehead atoms. The van der Waals surface area contributed by atoms with E-state index in [2.05, 4.69) is 5.32 Å². The molecule has 1 fully saturated rings. The number of nitrogens with zero attached hydrogens (tertiary/aromatic N) is 1. The molecule has 0 saturated carbocycles. The molecule has 2 heterocycles. The number of likely N-dealkylation sites (tertiary alicyclic amines) is 1. The lowest BCUT2D eigenvalue weighted by atomic mass is 9.96. The number of hydrogen-bond donors (Lipinski definition) is 1. The Morgan fingerprint density at radius 3 is 2.88 bits per heavy atom. The minimum absolute atomic E-state index is 0.0345. The van der Waals surface area contributed by atoms with Crippen molar-refractivity contribution in [1.29, 1.82) is 0 Å². The smallest absolute Gasteiger partial charge is 0.246 e. The second kappa shape index (κ2) is 7.59. The van der Waals surface area contributed by atoms with E-state index < -0.39 is 0 Å². The van der Waals surface area contributed by atoms with Gasteiger partial charge in [-0.1, -0.05) is 6.07 Å². The van der Waals surface area contributed by atoms with Crippen molar-refractivity contribution in [2.45, 2.75) is 32.7 Å². The first-order valence-electron chi connectivity index (χ1n) is 8.70. The number of nitrogens with one attached hydrogen (secondary N) is 1. The van der Waals surface area contributed by atoms with Crippen LogP contribution in [0.1, 0.15) is 32.3 Å². The fourth-order valence-corrected chi connectivity index (χ4v) is 3.08. The Hall–Kier alpha value is -2.50. The number of ether oxygens (including phenoxy) is 2. The van der Waals surface area contributed by atoms with E-state index in [1.165, 1.54) is 0 Å². The summed E-state index contributed by atoms with van der Waals surface area (Å²) in [6, 6.07) is 5.68. The van der Waals surface area contributed by atoms with Crippen LogP contribution in [0, 0.1) is 5.92 Å². The minimum Gasteiger partial charge on any atom is -0.454 e. The molecule has 134 valence electrons. The Kier molecular flexibility index (Phi) is 5.26. The molecule has 2 amide bonds. The van der Waals surface area contributed by atoms with Gasteiger partial charge in [-0.05, 0) is 50.5 Å². The van der Waals surface area contributed by atoms with Crippen LogP contribution in [0.3, 0.4) is 0 Å².